The van der Waals surface area contributed by atoms with Crippen molar-refractivity contribution < 1.29 is 22.8 Å². The summed E-state index contributed by atoms with van der Waals surface area (Å²) >= 11 is 0. The molecule has 1 fully saturated rings. The maximum Gasteiger partial charge on any atom is 0.254 e. The summed E-state index contributed by atoms with van der Waals surface area (Å²) in [6.45, 7) is 6.48. The van der Waals surface area contributed by atoms with E-state index in [-0.39, 0.29) is 29.5 Å². The van der Waals surface area contributed by atoms with Gasteiger partial charge < -0.3 is 20.4 Å². The van der Waals surface area contributed by atoms with E-state index in [4.69, 9.17) is 0 Å². The van der Waals surface area contributed by atoms with E-state index in [1.54, 1.807) is 0 Å². The van der Waals surface area contributed by atoms with Gasteiger partial charge in [0.1, 0.15) is 11.9 Å². The monoisotopic (exact) mass is 461 g/mol. The second-order valence-corrected chi connectivity index (χ2v) is 8.91. The van der Waals surface area contributed by atoms with Gasteiger partial charge in [0.2, 0.25) is 5.91 Å². The van der Waals surface area contributed by atoms with Gasteiger partial charge in [-0.05, 0) is 31.4 Å². The smallest absolute Gasteiger partial charge is 0.254 e. The molecule has 0 radical (unpaired) electrons. The van der Waals surface area contributed by atoms with Crippen LogP contribution in [0.2, 0.25) is 0 Å². The molecule has 0 saturated carbocycles. The number of carbonyl (C=O) groups excluding carboxylic acids is 2. The molecule has 4 rings (SSSR count). The van der Waals surface area contributed by atoms with Crippen molar-refractivity contribution in [3.63, 3.8) is 0 Å². The van der Waals surface area contributed by atoms with Crippen LogP contribution >= 0.6 is 0 Å². The number of carbonyl (C=O) groups is 2. The number of benzene rings is 1. The Labute approximate surface area is 190 Å². The van der Waals surface area contributed by atoms with Gasteiger partial charge in [0.15, 0.2) is 17.5 Å². The maximum absolute atomic E-state index is 13.5. The van der Waals surface area contributed by atoms with Crippen LogP contribution in [-0.2, 0) is 4.79 Å². The minimum Gasteiger partial charge on any atom is -0.365 e. The number of fused-ring (bicyclic) bond motifs is 1. The average Bonchev–Trinajstić information content (AvgIpc) is 3.20. The van der Waals surface area contributed by atoms with Crippen LogP contribution in [0.15, 0.2) is 18.2 Å². The van der Waals surface area contributed by atoms with Crippen LogP contribution < -0.4 is 15.5 Å². The molecule has 1 aromatic heterocycles. The molecular formula is C23H26F3N5O2. The fourth-order valence-electron chi connectivity index (χ4n) is 4.57. The van der Waals surface area contributed by atoms with E-state index < -0.39 is 23.4 Å². The van der Waals surface area contributed by atoms with Gasteiger partial charge in [0.25, 0.3) is 5.91 Å². The number of pyridine rings is 1. The number of nitrogens with one attached hydrogen (secondary N) is 2. The van der Waals surface area contributed by atoms with Gasteiger partial charge in [-0.2, -0.15) is 0 Å². The highest BCUT2D eigenvalue weighted by Crippen LogP contribution is 2.37. The van der Waals surface area contributed by atoms with Crippen LogP contribution in [0.5, 0.6) is 0 Å². The van der Waals surface area contributed by atoms with Crippen molar-refractivity contribution in [2.75, 3.05) is 35.7 Å². The third-order valence-electron chi connectivity index (χ3n) is 6.18. The molecule has 10 heteroatoms. The number of amides is 2. The summed E-state index contributed by atoms with van der Waals surface area (Å²) in [4.78, 5) is 33.1. The van der Waals surface area contributed by atoms with Crippen LogP contribution in [-0.4, -0.2) is 53.9 Å². The molecule has 0 spiro atoms. The molecule has 1 saturated heterocycles. The summed E-state index contributed by atoms with van der Waals surface area (Å²) in [6, 6.07) is 2.87. The number of likely N-dealkylation sites (N-methyl/N-ethyl adjacent to an activating group) is 1. The first-order chi connectivity index (χ1) is 15.6. The molecule has 1 aromatic carbocycles. The van der Waals surface area contributed by atoms with Gasteiger partial charge in [-0.25, -0.2) is 18.2 Å². The van der Waals surface area contributed by atoms with E-state index in [0.29, 0.717) is 48.8 Å². The molecule has 0 bridgehead atoms. The number of aryl methyl sites for hydroxylation is 1. The first kappa shape index (κ1) is 22.9. The van der Waals surface area contributed by atoms with Crippen LogP contribution in [0.1, 0.15) is 36.3 Å². The summed E-state index contributed by atoms with van der Waals surface area (Å²) in [6.07, 6.45) is 0.608. The van der Waals surface area contributed by atoms with Gasteiger partial charge >= 0.3 is 0 Å². The molecular weight excluding hydrogens is 435 g/mol. The number of rotatable bonds is 4. The third kappa shape index (κ3) is 4.21. The first-order valence-corrected chi connectivity index (χ1v) is 10.8. The minimum absolute atomic E-state index is 0.0655. The lowest BCUT2D eigenvalue weighted by molar-refractivity contribution is -0.118. The molecule has 2 atom stereocenters. The normalized spacial score (nSPS) is 20.2. The predicted octanol–water partition coefficient (Wildman–Crippen LogP) is 3.55. The van der Waals surface area contributed by atoms with E-state index in [2.05, 4.69) is 15.6 Å². The Morgan fingerprint density at radius 1 is 1.21 bits per heavy atom. The zero-order valence-electron chi connectivity index (χ0n) is 18.9. The number of hydrogen-bond donors (Lipinski definition) is 2. The summed E-state index contributed by atoms with van der Waals surface area (Å²) in [5.74, 6) is -4.28. The van der Waals surface area contributed by atoms with Crippen molar-refractivity contribution in [2.24, 2.45) is 5.92 Å². The van der Waals surface area contributed by atoms with Gasteiger partial charge in [0, 0.05) is 37.8 Å². The van der Waals surface area contributed by atoms with Crippen LogP contribution in [0, 0.1) is 30.3 Å². The molecule has 2 aliphatic rings. The summed E-state index contributed by atoms with van der Waals surface area (Å²) in [5, 5.41) is 6.28. The highest BCUT2D eigenvalue weighted by Gasteiger charge is 2.35. The zero-order chi connectivity index (χ0) is 24.0. The number of anilines is 3. The lowest BCUT2D eigenvalue weighted by Gasteiger charge is -2.38. The summed E-state index contributed by atoms with van der Waals surface area (Å²) in [7, 11) is 1.88. The van der Waals surface area contributed by atoms with Gasteiger partial charge in [-0.1, -0.05) is 13.8 Å². The SMILES string of the molecule is Cc1nc(N[C@H]2CCN(C(=O)c3cc(F)c(F)c(F)c3)C2)cc2c1NC(=O)[C@H](C(C)C)N2C. The van der Waals surface area contributed by atoms with E-state index >= 15 is 0 Å². The molecule has 0 unspecified atom stereocenters. The van der Waals surface area contributed by atoms with Crippen molar-refractivity contribution in [3.8, 4) is 0 Å². The van der Waals surface area contributed by atoms with Crippen molar-refractivity contribution in [1.29, 1.82) is 0 Å². The Morgan fingerprint density at radius 3 is 2.52 bits per heavy atom. The molecule has 2 amide bonds. The van der Waals surface area contributed by atoms with Gasteiger partial charge in [-0.15, -0.1) is 0 Å². The fourth-order valence-corrected chi connectivity index (χ4v) is 4.57. The number of aromatic nitrogens is 1. The molecule has 2 aliphatic heterocycles. The number of halogens is 3. The first-order valence-electron chi connectivity index (χ1n) is 10.8. The Bertz CT molecular complexity index is 1100. The lowest BCUT2D eigenvalue weighted by Crippen LogP contribution is -2.49. The Kier molecular flexibility index (Phi) is 5.94. The molecule has 7 nitrogen and oxygen atoms in total. The Morgan fingerprint density at radius 2 is 1.88 bits per heavy atom. The number of nitrogens with zero attached hydrogens (tertiary/aromatic N) is 3. The van der Waals surface area contributed by atoms with Crippen LogP contribution in [0.4, 0.5) is 30.4 Å². The van der Waals surface area contributed by atoms with Crippen molar-refractivity contribution in [1.82, 2.24) is 9.88 Å². The van der Waals surface area contributed by atoms with Crippen molar-refractivity contribution in [3.05, 3.63) is 46.9 Å². The van der Waals surface area contributed by atoms with Crippen LogP contribution in [0.3, 0.4) is 0 Å². The molecule has 2 N–H and O–H groups in total. The van der Waals surface area contributed by atoms with Crippen molar-refractivity contribution >= 4 is 29.0 Å². The molecule has 176 valence electrons. The summed E-state index contributed by atoms with van der Waals surface area (Å²) < 4.78 is 40.3. The Hall–Kier alpha value is -3.30. The minimum atomic E-state index is -1.60. The lowest BCUT2D eigenvalue weighted by atomic mass is 9.98. The topological polar surface area (TPSA) is 77.6 Å². The zero-order valence-corrected chi connectivity index (χ0v) is 18.9. The van der Waals surface area contributed by atoms with E-state index in [9.17, 15) is 22.8 Å². The maximum atomic E-state index is 13.5. The van der Waals surface area contributed by atoms with Gasteiger partial charge in [0.05, 0.1) is 17.1 Å². The molecule has 0 aliphatic carbocycles. The quantitative estimate of drug-likeness (QED) is 0.681. The standard InChI is InChI=1S/C23H26F3N5O2/c1-11(2)21-22(32)29-20-12(3)27-18(9-17(20)30(21)4)28-14-5-6-31(10-14)23(33)13-7-15(24)19(26)16(25)8-13/h7-9,11,14,21H,5-6,10H2,1-4H3,(H,27,28)(H,29,32)/t14-,21-/m0/s1. The summed E-state index contributed by atoms with van der Waals surface area (Å²) in [5.41, 5.74) is 1.97. The van der Waals surface area contributed by atoms with E-state index in [1.165, 1.54) is 4.90 Å². The second kappa shape index (κ2) is 8.57. The van der Waals surface area contributed by atoms with Gasteiger partial charge in [-0.3, -0.25) is 9.59 Å². The van der Waals surface area contributed by atoms with E-state index in [0.717, 1.165) is 5.69 Å². The third-order valence-corrected chi connectivity index (χ3v) is 6.18. The van der Waals surface area contributed by atoms with E-state index in [1.807, 2.05) is 38.8 Å². The number of hydrogen-bond acceptors (Lipinski definition) is 5. The average molecular weight is 461 g/mol. The Balaban J connectivity index is 1.49. The predicted molar refractivity (Wildman–Crippen MR) is 119 cm³/mol. The molecule has 33 heavy (non-hydrogen) atoms. The highest BCUT2D eigenvalue weighted by molar-refractivity contribution is 6.04. The largest absolute Gasteiger partial charge is 0.365 e. The fraction of sp³-hybridized carbons (Fsp3) is 0.435. The number of likely N-dealkylation sites (tertiary alicyclic amines) is 1. The molecule has 2 aromatic rings. The highest BCUT2D eigenvalue weighted by atomic mass is 19.2. The van der Waals surface area contributed by atoms with Crippen LogP contribution in [0.25, 0.3) is 0 Å². The van der Waals surface area contributed by atoms with Crippen molar-refractivity contribution in [2.45, 2.75) is 39.3 Å². The molecule has 3 heterocycles. The second-order valence-electron chi connectivity index (χ2n) is 8.91.